The Morgan fingerprint density at radius 2 is 2.29 bits per heavy atom. The predicted octanol–water partition coefficient (Wildman–Crippen LogP) is 1.71. The van der Waals surface area contributed by atoms with Gasteiger partial charge in [0.25, 0.3) is 0 Å². The van der Waals surface area contributed by atoms with Gasteiger partial charge in [-0.15, -0.1) is 0 Å². The highest BCUT2D eigenvalue weighted by Gasteiger charge is 2.34. The fourth-order valence-electron chi connectivity index (χ4n) is 0.786. The summed E-state index contributed by atoms with van der Waals surface area (Å²) in [6.07, 6.45) is 1.13. The standard InChI is InChI=1S/C6H10O/c1-4-3-6(4)5(2)7/h4,6-7H,2-3H2,1H3. The van der Waals surface area contributed by atoms with Crippen molar-refractivity contribution in [3.63, 3.8) is 0 Å². The van der Waals surface area contributed by atoms with Gasteiger partial charge in [0.15, 0.2) is 0 Å². The number of hydrogen-bond acceptors (Lipinski definition) is 1. The molecule has 1 aliphatic carbocycles. The van der Waals surface area contributed by atoms with E-state index in [1.54, 1.807) is 0 Å². The highest BCUT2D eigenvalue weighted by molar-refractivity contribution is 5.01. The zero-order valence-electron chi connectivity index (χ0n) is 4.52. The summed E-state index contributed by atoms with van der Waals surface area (Å²) in [4.78, 5) is 0. The van der Waals surface area contributed by atoms with Crippen molar-refractivity contribution < 1.29 is 5.11 Å². The number of rotatable bonds is 1. The van der Waals surface area contributed by atoms with Crippen molar-refractivity contribution in [1.29, 1.82) is 0 Å². The maximum atomic E-state index is 8.67. The Morgan fingerprint density at radius 3 is 2.29 bits per heavy atom. The molecule has 0 bridgehead atoms. The molecule has 0 aliphatic heterocycles. The van der Waals surface area contributed by atoms with Gasteiger partial charge in [-0.25, -0.2) is 0 Å². The molecule has 1 fully saturated rings. The van der Waals surface area contributed by atoms with Crippen LogP contribution in [0.25, 0.3) is 0 Å². The molecule has 0 heterocycles. The summed E-state index contributed by atoms with van der Waals surface area (Å²) in [6, 6.07) is 0. The van der Waals surface area contributed by atoms with Crippen LogP contribution in [0.2, 0.25) is 0 Å². The van der Waals surface area contributed by atoms with Crippen LogP contribution >= 0.6 is 0 Å². The van der Waals surface area contributed by atoms with E-state index < -0.39 is 0 Å². The Labute approximate surface area is 43.7 Å². The van der Waals surface area contributed by atoms with E-state index in [0.717, 1.165) is 6.42 Å². The quantitative estimate of drug-likeness (QED) is 0.495. The lowest BCUT2D eigenvalue weighted by Gasteiger charge is -1.87. The van der Waals surface area contributed by atoms with Crippen LogP contribution in [-0.2, 0) is 0 Å². The molecule has 7 heavy (non-hydrogen) atoms. The molecule has 1 saturated carbocycles. The van der Waals surface area contributed by atoms with Crippen LogP contribution in [0.4, 0.5) is 0 Å². The van der Waals surface area contributed by atoms with E-state index in [1.165, 1.54) is 0 Å². The van der Waals surface area contributed by atoms with Crippen LogP contribution in [0.5, 0.6) is 0 Å². The summed E-state index contributed by atoms with van der Waals surface area (Å²) in [6.45, 7) is 5.54. The summed E-state index contributed by atoms with van der Waals surface area (Å²) in [5.41, 5.74) is 0. The Balaban J connectivity index is 2.33. The van der Waals surface area contributed by atoms with E-state index in [0.29, 0.717) is 17.6 Å². The minimum atomic E-state index is 0.368. The second-order valence-corrected chi connectivity index (χ2v) is 2.31. The van der Waals surface area contributed by atoms with Crippen molar-refractivity contribution in [2.75, 3.05) is 0 Å². The summed E-state index contributed by atoms with van der Waals surface area (Å²) >= 11 is 0. The third-order valence-corrected chi connectivity index (χ3v) is 1.54. The highest BCUT2D eigenvalue weighted by Crippen LogP contribution is 2.41. The second-order valence-electron chi connectivity index (χ2n) is 2.31. The van der Waals surface area contributed by atoms with Gasteiger partial charge in [0, 0.05) is 5.92 Å². The molecule has 0 aromatic carbocycles. The van der Waals surface area contributed by atoms with E-state index in [4.69, 9.17) is 5.11 Å². The number of hydrogen-bond donors (Lipinski definition) is 1. The van der Waals surface area contributed by atoms with Crippen molar-refractivity contribution >= 4 is 0 Å². The smallest absolute Gasteiger partial charge is 0.0884 e. The molecule has 1 aliphatic rings. The van der Waals surface area contributed by atoms with Gasteiger partial charge < -0.3 is 5.11 Å². The van der Waals surface area contributed by atoms with E-state index >= 15 is 0 Å². The van der Waals surface area contributed by atoms with Gasteiger partial charge >= 0.3 is 0 Å². The second kappa shape index (κ2) is 1.25. The first-order chi connectivity index (χ1) is 3.22. The first-order valence-corrected chi connectivity index (χ1v) is 2.59. The van der Waals surface area contributed by atoms with Crippen LogP contribution in [0.15, 0.2) is 12.3 Å². The Bertz CT molecular complexity index is 96.4. The molecule has 1 N–H and O–H groups in total. The molecule has 0 amide bonds. The molecule has 0 aromatic rings. The molecule has 0 spiro atoms. The molecule has 0 aromatic heterocycles. The summed E-state index contributed by atoms with van der Waals surface area (Å²) < 4.78 is 0. The number of allylic oxidation sites excluding steroid dienone is 1. The van der Waals surface area contributed by atoms with Crippen molar-refractivity contribution in [2.45, 2.75) is 13.3 Å². The zero-order valence-corrected chi connectivity index (χ0v) is 4.52. The molecule has 2 unspecified atom stereocenters. The van der Waals surface area contributed by atoms with E-state index in [-0.39, 0.29) is 0 Å². The number of aliphatic hydroxyl groups is 1. The number of aliphatic hydroxyl groups excluding tert-OH is 1. The highest BCUT2D eigenvalue weighted by atomic mass is 16.3. The van der Waals surface area contributed by atoms with Crippen LogP contribution in [0, 0.1) is 11.8 Å². The maximum Gasteiger partial charge on any atom is 0.0884 e. The Morgan fingerprint density at radius 1 is 1.86 bits per heavy atom. The van der Waals surface area contributed by atoms with Crippen LogP contribution < -0.4 is 0 Å². The predicted molar refractivity (Wildman–Crippen MR) is 29.0 cm³/mol. The first kappa shape index (κ1) is 4.69. The van der Waals surface area contributed by atoms with Gasteiger partial charge in [-0.05, 0) is 12.3 Å². The van der Waals surface area contributed by atoms with E-state index in [1.807, 2.05) is 0 Å². The van der Waals surface area contributed by atoms with Crippen LogP contribution in [0.1, 0.15) is 13.3 Å². The van der Waals surface area contributed by atoms with Crippen molar-refractivity contribution in [1.82, 2.24) is 0 Å². The summed E-state index contributed by atoms with van der Waals surface area (Å²) in [5, 5.41) is 8.67. The molecule has 2 atom stereocenters. The lowest BCUT2D eigenvalue weighted by Crippen LogP contribution is -1.79. The zero-order chi connectivity index (χ0) is 5.44. The summed E-state index contributed by atoms with van der Waals surface area (Å²) in [7, 11) is 0. The topological polar surface area (TPSA) is 20.2 Å². The average Bonchev–Trinajstić information content (AvgIpc) is 2.17. The minimum absolute atomic E-state index is 0.368. The van der Waals surface area contributed by atoms with E-state index in [2.05, 4.69) is 13.5 Å². The lowest BCUT2D eigenvalue weighted by molar-refractivity contribution is 0.376. The molecule has 40 valence electrons. The van der Waals surface area contributed by atoms with Gasteiger partial charge in [-0.2, -0.15) is 0 Å². The fourth-order valence-corrected chi connectivity index (χ4v) is 0.786. The first-order valence-electron chi connectivity index (χ1n) is 2.59. The van der Waals surface area contributed by atoms with Gasteiger partial charge in [0.05, 0.1) is 5.76 Å². The lowest BCUT2D eigenvalue weighted by atomic mass is 10.3. The van der Waals surface area contributed by atoms with Crippen molar-refractivity contribution in [3.05, 3.63) is 12.3 Å². The van der Waals surface area contributed by atoms with Gasteiger partial charge in [0.2, 0.25) is 0 Å². The monoisotopic (exact) mass is 98.1 g/mol. The molecule has 0 saturated heterocycles. The SMILES string of the molecule is C=C(O)C1CC1C. The minimum Gasteiger partial charge on any atom is -0.513 e. The Kier molecular flexibility index (Phi) is 0.841. The van der Waals surface area contributed by atoms with Crippen LogP contribution in [-0.4, -0.2) is 5.11 Å². The normalized spacial score (nSPS) is 37.9. The Hall–Kier alpha value is -0.460. The largest absolute Gasteiger partial charge is 0.513 e. The van der Waals surface area contributed by atoms with Gasteiger partial charge in [-0.1, -0.05) is 13.5 Å². The average molecular weight is 98.1 g/mol. The van der Waals surface area contributed by atoms with E-state index in [9.17, 15) is 0 Å². The van der Waals surface area contributed by atoms with Gasteiger partial charge in [-0.3, -0.25) is 0 Å². The molecule has 1 heteroatoms. The van der Waals surface area contributed by atoms with Crippen molar-refractivity contribution in [3.8, 4) is 0 Å². The van der Waals surface area contributed by atoms with Crippen LogP contribution in [0.3, 0.4) is 0 Å². The molecular formula is C6H10O. The van der Waals surface area contributed by atoms with Gasteiger partial charge in [0.1, 0.15) is 0 Å². The third kappa shape index (κ3) is 0.763. The fraction of sp³-hybridized carbons (Fsp3) is 0.667. The molecule has 1 nitrogen and oxygen atoms in total. The maximum absolute atomic E-state index is 8.67. The van der Waals surface area contributed by atoms with Crippen molar-refractivity contribution in [2.24, 2.45) is 11.8 Å². The molecular weight excluding hydrogens is 88.1 g/mol. The summed E-state index contributed by atoms with van der Waals surface area (Å²) in [5.74, 6) is 1.49. The molecule has 0 radical (unpaired) electrons. The molecule has 1 rings (SSSR count). The third-order valence-electron chi connectivity index (χ3n) is 1.54.